The molecule has 45 nitrogen and oxygen atoms in total. The molecule has 51 atom stereocenters. The van der Waals surface area contributed by atoms with Crippen LogP contribution in [0.4, 0.5) is 0 Å². The molecule has 13 fully saturated rings. The van der Waals surface area contributed by atoms with Gasteiger partial charge in [-0.05, 0) is 117 Å². The Labute approximate surface area is 723 Å². The van der Waals surface area contributed by atoms with Crippen LogP contribution in [-0.2, 0) is 99.6 Å². The Hall–Kier alpha value is -3.25. The van der Waals surface area contributed by atoms with Gasteiger partial charge in [-0.25, -0.2) is 4.79 Å². The number of carboxylic acid groups (broad SMARTS) is 1. The second-order valence-electron chi connectivity index (χ2n) is 38.6. The molecule has 4 unspecified atom stereocenters. The first kappa shape index (κ1) is 98.7. The maximum atomic E-state index is 16.1. The topological polar surface area (TPSA) is 703 Å². The second-order valence-corrected chi connectivity index (χ2v) is 38.6. The molecule has 0 radical (unpaired) electrons. The van der Waals surface area contributed by atoms with Gasteiger partial charge in [0.2, 0.25) is 6.29 Å². The van der Waals surface area contributed by atoms with E-state index in [1.54, 1.807) is 6.92 Å². The van der Waals surface area contributed by atoms with E-state index in [9.17, 15) is 132 Å². The lowest BCUT2D eigenvalue weighted by Crippen LogP contribution is -2.69. The first-order valence-electron chi connectivity index (χ1n) is 43.3. The largest absolute Gasteiger partial charge is 0.479 e. The summed E-state index contributed by atoms with van der Waals surface area (Å²) in [5, 5.41) is 265. The fourth-order valence-electron chi connectivity index (χ4n) is 22.8. The highest BCUT2D eigenvalue weighted by molar-refractivity contribution is 5.79. The van der Waals surface area contributed by atoms with Crippen molar-refractivity contribution in [2.75, 3.05) is 39.6 Å². The number of allylic oxidation sites excluding steroid dienone is 2. The monoisotopic (exact) mass is 1820 g/mol. The fourth-order valence-corrected chi connectivity index (χ4v) is 22.8. The zero-order chi connectivity index (χ0) is 91.7. The number of aliphatic hydroxyl groups excluding tert-OH is 23. The van der Waals surface area contributed by atoms with Gasteiger partial charge in [0.15, 0.2) is 62.5 Å². The number of fused-ring (bicyclic) bond motifs is 7. The summed E-state index contributed by atoms with van der Waals surface area (Å²) in [4.78, 5) is 43.9. The fraction of sp³-hybridized carbons (Fsp3) is 0.938. The summed E-state index contributed by atoms with van der Waals surface area (Å²) in [6.07, 6.45) is -75.1. The standard InChI is InChI=1S/C81H128O45/c1-27-40(89)48(97)62(124-71-56(105)60(121-69-52(101)46(95)43(92)34(20-82)114-69)57(28(2)113-71)118-68-55(104)58(33(88)25-111-68)119-66-50(99)41(90)31(86)23-109-66)72(112-27)126-75(108)81-17-15-76(3,4)19-30(81)29-9-10-38-77(5)13-12-39(78(6,26-85)37(77)11-14-80(38,8)79(29,7)16-18-81)117-74-64(59(54(103)61(122-74)65(106)107)120-67-51(100)42(91)32(87)24-110-67)125-73-63(49(98)45(94)36(22-84)116-73)123-70-53(102)47(96)44(93)35(21-83)115-70/h9,26-28,30-64,66-74,82-84,86-105H,10-25H2,1-8H3,(H,106,107)/t27-,28+,30?,31-,32-,33-,34-,35-,36-,37?,38?,39?,40-,41+,42+,43-,44+,45+,46+,47+,48+,49+,50-,51-,52-,53-,54+,55-,56-,57+,58+,59+,60+,61+,62-,63-,64-,66+,67+,68+,69+,70+,71+,72+,73+,74-,77+,78+,79-,80-,81+/m1/s1. The van der Waals surface area contributed by atoms with Gasteiger partial charge in [0.05, 0.1) is 68.8 Å². The summed E-state index contributed by atoms with van der Waals surface area (Å²) in [5.74, 6) is -3.84. The van der Waals surface area contributed by atoms with E-state index in [1.807, 2.05) is 0 Å². The van der Waals surface area contributed by atoms with Gasteiger partial charge in [-0.2, -0.15) is 0 Å². The minimum atomic E-state index is -2.35. The molecule has 9 aliphatic heterocycles. The van der Waals surface area contributed by atoms with E-state index in [0.29, 0.717) is 51.4 Å². The van der Waals surface area contributed by atoms with Crippen LogP contribution in [0, 0.1) is 50.2 Å². The lowest BCUT2D eigenvalue weighted by atomic mass is 9.33. The quantitative estimate of drug-likeness (QED) is 0.0195. The van der Waals surface area contributed by atoms with Crippen molar-refractivity contribution in [1.82, 2.24) is 0 Å². The molecular formula is C81H128O45. The van der Waals surface area contributed by atoms with Crippen molar-refractivity contribution < 1.29 is 222 Å². The number of rotatable bonds is 23. The number of hydrogen-bond donors (Lipinski definition) is 24. The minimum absolute atomic E-state index is 0.0343. The highest BCUT2D eigenvalue weighted by atomic mass is 16.8. The molecule has 0 aromatic heterocycles. The van der Waals surface area contributed by atoms with Gasteiger partial charge in [0.25, 0.3) is 0 Å². The van der Waals surface area contributed by atoms with E-state index >= 15 is 4.79 Å². The Bertz CT molecular complexity index is 3720. The van der Waals surface area contributed by atoms with Gasteiger partial charge < -0.3 is 213 Å². The lowest BCUT2D eigenvalue weighted by Gasteiger charge is -2.71. The lowest BCUT2D eigenvalue weighted by molar-refractivity contribution is -0.406. The molecule has 9 saturated heterocycles. The third-order valence-electron chi connectivity index (χ3n) is 30.7. The van der Waals surface area contributed by atoms with Crippen LogP contribution in [0.5, 0.6) is 0 Å². The van der Waals surface area contributed by atoms with Gasteiger partial charge >= 0.3 is 11.9 Å². The molecule has 0 aromatic carbocycles. The van der Waals surface area contributed by atoms with Crippen molar-refractivity contribution in [3.05, 3.63) is 11.6 Å². The Morgan fingerprint density at radius 1 is 0.405 bits per heavy atom. The number of carboxylic acids is 1. The Kier molecular flexibility index (Phi) is 29.9. The molecule has 24 N–H and O–H groups in total. The Morgan fingerprint density at radius 3 is 1.41 bits per heavy atom. The number of hydrogen-bond acceptors (Lipinski definition) is 44. The molecule has 4 saturated carbocycles. The van der Waals surface area contributed by atoms with Gasteiger partial charge in [-0.15, -0.1) is 0 Å². The third kappa shape index (κ3) is 17.6. The number of ether oxygens (including phenoxy) is 18. The van der Waals surface area contributed by atoms with E-state index in [1.165, 1.54) is 13.8 Å². The van der Waals surface area contributed by atoms with Crippen molar-refractivity contribution >= 4 is 18.2 Å². The van der Waals surface area contributed by atoms with E-state index < -0.39 is 355 Å². The van der Waals surface area contributed by atoms with Crippen molar-refractivity contribution in [3.8, 4) is 0 Å². The summed E-state index contributed by atoms with van der Waals surface area (Å²) >= 11 is 0. The molecule has 0 bridgehead atoms. The zero-order valence-electron chi connectivity index (χ0n) is 70.8. The predicted octanol–water partition coefficient (Wildman–Crippen LogP) is -9.67. The first-order chi connectivity index (χ1) is 59.3. The molecule has 14 rings (SSSR count). The first-order valence-corrected chi connectivity index (χ1v) is 43.3. The highest BCUT2D eigenvalue weighted by Gasteiger charge is 2.72. The van der Waals surface area contributed by atoms with Crippen LogP contribution in [0.1, 0.15) is 120 Å². The molecule has 722 valence electrons. The van der Waals surface area contributed by atoms with Crippen molar-refractivity contribution in [3.63, 3.8) is 0 Å². The maximum Gasteiger partial charge on any atom is 0.335 e. The highest BCUT2D eigenvalue weighted by Crippen LogP contribution is 2.76. The van der Waals surface area contributed by atoms with Crippen LogP contribution >= 0.6 is 0 Å². The average Bonchev–Trinajstić information content (AvgIpc) is 0.672. The molecule has 0 aromatic rings. The summed E-state index contributed by atoms with van der Waals surface area (Å²) in [5.41, 5.74) is -4.23. The maximum absolute atomic E-state index is 16.1. The smallest absolute Gasteiger partial charge is 0.335 e. The zero-order valence-corrected chi connectivity index (χ0v) is 70.8. The summed E-state index contributed by atoms with van der Waals surface area (Å²) in [6, 6.07) is 0. The molecule has 45 heteroatoms. The van der Waals surface area contributed by atoms with Gasteiger partial charge in [0, 0.05) is 0 Å². The molecule has 9 heterocycles. The van der Waals surface area contributed by atoms with Crippen LogP contribution in [0.15, 0.2) is 11.6 Å². The van der Waals surface area contributed by atoms with Gasteiger partial charge in [-0.1, -0.05) is 53.2 Å². The number of aliphatic carboxylic acids is 1. The number of carbonyl (C=O) groups is 3. The van der Waals surface area contributed by atoms with Crippen LogP contribution in [0.2, 0.25) is 0 Å². The number of aliphatic hydroxyl groups is 23. The van der Waals surface area contributed by atoms with E-state index in [4.69, 9.17) is 85.3 Å². The van der Waals surface area contributed by atoms with Crippen LogP contribution in [0.3, 0.4) is 0 Å². The number of esters is 1. The van der Waals surface area contributed by atoms with Gasteiger partial charge in [0.1, 0.15) is 183 Å². The van der Waals surface area contributed by atoms with E-state index in [-0.39, 0.29) is 24.2 Å². The summed E-state index contributed by atoms with van der Waals surface area (Å²) < 4.78 is 109. The van der Waals surface area contributed by atoms with Crippen LogP contribution in [0.25, 0.3) is 0 Å². The number of aldehydes is 1. The predicted molar refractivity (Wildman–Crippen MR) is 406 cm³/mol. The summed E-state index contributed by atoms with van der Waals surface area (Å²) in [6.45, 7) is 10.5. The normalized spacial score (nSPS) is 54.7. The molecule has 14 aliphatic rings. The van der Waals surface area contributed by atoms with Crippen molar-refractivity contribution in [2.45, 2.75) is 384 Å². The Balaban J connectivity index is 0.725. The molecule has 5 aliphatic carbocycles. The number of carbonyl (C=O) groups excluding carboxylic acids is 2. The third-order valence-corrected chi connectivity index (χ3v) is 30.7. The molecule has 0 amide bonds. The SMILES string of the molecule is C[C@@H]1O[C@@H](O[C@H]2[C@H](OC(=O)[C@]34CCC(C)(C)CC3C3=CCC5[C@@]6(C)CCC(O[C@@H]7O[C@H](C(=O)O)[C@@H](O)[C@H](O[C@@H]8OC[C@@H](O)[C@H](O)[C@H]8O)[C@H]7O[C@@H]7O[C@H](CO)[C@H](O)[C@H](O)[C@H]7O[C@@H]7O[C@H](CO)[C@H](O)[C@H](O)[C@H]7O)[C@@](C)(C=O)C6CC[C@@]5(C)[C@]3(C)CC4)O[C@H](C)[C@@H](O)[C@@H]2O)[C@H](O)[C@H](O[C@@H]2O[C@H](CO)[C@@H](O)[C@H](O)[C@H]2O)[C@H]1O[C@@H]1OC[C@@H](O)[C@H](O[C@@H]2OC[C@@H](O)[C@H](O)[C@H]2O)[C@H]1O. The average molecular weight is 1820 g/mol. The Morgan fingerprint density at radius 2 is 0.849 bits per heavy atom. The summed E-state index contributed by atoms with van der Waals surface area (Å²) in [7, 11) is 0. The molecule has 126 heavy (non-hydrogen) atoms. The molecule has 0 spiro atoms. The van der Waals surface area contributed by atoms with E-state index in [2.05, 4.69) is 40.7 Å². The molecular weight excluding hydrogens is 1690 g/mol. The van der Waals surface area contributed by atoms with E-state index in [0.717, 1.165) is 11.9 Å². The van der Waals surface area contributed by atoms with Gasteiger partial charge in [-0.3, -0.25) is 4.79 Å². The van der Waals surface area contributed by atoms with Crippen LogP contribution < -0.4 is 0 Å². The minimum Gasteiger partial charge on any atom is -0.479 e. The van der Waals surface area contributed by atoms with Crippen molar-refractivity contribution in [1.29, 1.82) is 0 Å². The second kappa shape index (κ2) is 38.1. The van der Waals surface area contributed by atoms with Crippen molar-refractivity contribution in [2.24, 2.45) is 50.2 Å². The van der Waals surface area contributed by atoms with Crippen LogP contribution in [-0.4, -0.2) is 445 Å².